The van der Waals surface area contributed by atoms with E-state index in [0.29, 0.717) is 12.1 Å². The van der Waals surface area contributed by atoms with Gasteiger partial charge in [0.05, 0.1) is 11.0 Å². The molecule has 0 aliphatic heterocycles. The monoisotopic (exact) mass is 205 g/mol. The molecule has 3 N–H and O–H groups in total. The molecule has 2 rings (SSSR count). The van der Waals surface area contributed by atoms with E-state index >= 15 is 0 Å². The summed E-state index contributed by atoms with van der Waals surface area (Å²) in [6, 6.07) is 5.52. The van der Waals surface area contributed by atoms with Gasteiger partial charge in [-0.25, -0.2) is 9.78 Å². The van der Waals surface area contributed by atoms with E-state index < -0.39 is 5.97 Å². The predicted molar refractivity (Wildman–Crippen MR) is 55.6 cm³/mol. The van der Waals surface area contributed by atoms with Crippen molar-refractivity contribution in [2.24, 2.45) is 12.8 Å². The van der Waals surface area contributed by atoms with E-state index in [-0.39, 0.29) is 5.82 Å². The summed E-state index contributed by atoms with van der Waals surface area (Å²) in [5.74, 6) is -0.998. The molecule has 5 heteroatoms. The highest BCUT2D eigenvalue weighted by Crippen LogP contribution is 2.18. The molecule has 5 nitrogen and oxygen atoms in total. The molecule has 0 bridgehead atoms. The molecule has 0 spiro atoms. The highest BCUT2D eigenvalue weighted by molar-refractivity contribution is 5.90. The quantitative estimate of drug-likeness (QED) is 0.757. The minimum Gasteiger partial charge on any atom is -0.475 e. The van der Waals surface area contributed by atoms with Crippen LogP contribution in [0.4, 0.5) is 0 Å². The summed E-state index contributed by atoms with van der Waals surface area (Å²) in [5, 5.41) is 8.92. The fourth-order valence-corrected chi connectivity index (χ4v) is 1.63. The van der Waals surface area contributed by atoms with E-state index in [2.05, 4.69) is 4.98 Å². The topological polar surface area (TPSA) is 81.1 Å². The van der Waals surface area contributed by atoms with Gasteiger partial charge in [0.1, 0.15) is 0 Å². The lowest BCUT2D eigenvalue weighted by atomic mass is 10.2. The summed E-state index contributed by atoms with van der Waals surface area (Å²) in [4.78, 5) is 14.9. The third-order valence-electron chi connectivity index (χ3n) is 2.41. The van der Waals surface area contributed by atoms with Crippen LogP contribution in [-0.2, 0) is 13.6 Å². The van der Waals surface area contributed by atoms with E-state index in [1.165, 1.54) is 0 Å². The molecular formula is C10H11N3O2. The van der Waals surface area contributed by atoms with Crippen molar-refractivity contribution in [3.63, 3.8) is 0 Å². The third-order valence-corrected chi connectivity index (χ3v) is 2.41. The average Bonchev–Trinajstić information content (AvgIpc) is 2.56. The van der Waals surface area contributed by atoms with Gasteiger partial charge in [0.15, 0.2) is 0 Å². The van der Waals surface area contributed by atoms with Crippen molar-refractivity contribution in [1.29, 1.82) is 0 Å². The van der Waals surface area contributed by atoms with E-state index in [1.54, 1.807) is 11.6 Å². The molecule has 1 heterocycles. The van der Waals surface area contributed by atoms with Crippen molar-refractivity contribution in [2.45, 2.75) is 6.54 Å². The van der Waals surface area contributed by atoms with Gasteiger partial charge in [-0.05, 0) is 11.6 Å². The van der Waals surface area contributed by atoms with Crippen LogP contribution in [0.3, 0.4) is 0 Å². The first-order valence-electron chi connectivity index (χ1n) is 4.53. The fraction of sp³-hybridized carbons (Fsp3) is 0.200. The Bertz CT molecular complexity index is 531. The van der Waals surface area contributed by atoms with Gasteiger partial charge in [0, 0.05) is 13.6 Å². The van der Waals surface area contributed by atoms with Crippen molar-refractivity contribution >= 4 is 17.0 Å². The van der Waals surface area contributed by atoms with Gasteiger partial charge in [-0.1, -0.05) is 12.1 Å². The Balaban J connectivity index is 2.81. The average molecular weight is 205 g/mol. The Morgan fingerprint density at radius 1 is 1.60 bits per heavy atom. The summed E-state index contributed by atoms with van der Waals surface area (Å²) in [6.45, 7) is 0.355. The number of carbonyl (C=O) groups is 1. The maximum Gasteiger partial charge on any atom is 0.372 e. The molecule has 0 fully saturated rings. The Kier molecular flexibility index (Phi) is 2.17. The lowest BCUT2D eigenvalue weighted by Gasteiger charge is -1.98. The van der Waals surface area contributed by atoms with Crippen LogP contribution in [0.1, 0.15) is 16.2 Å². The van der Waals surface area contributed by atoms with Gasteiger partial charge >= 0.3 is 5.97 Å². The first-order chi connectivity index (χ1) is 7.15. The molecule has 0 aliphatic carbocycles. The molecule has 0 radical (unpaired) electrons. The SMILES string of the molecule is Cn1c(C(=O)O)nc2c(CN)cccc21. The number of benzene rings is 1. The number of aromatic nitrogens is 2. The molecule has 2 aromatic rings. The van der Waals surface area contributed by atoms with Crippen molar-refractivity contribution < 1.29 is 9.90 Å². The van der Waals surface area contributed by atoms with Crippen molar-refractivity contribution in [3.8, 4) is 0 Å². The Hall–Kier alpha value is -1.88. The molecular weight excluding hydrogens is 194 g/mol. The van der Waals surface area contributed by atoms with Crippen molar-refractivity contribution in [1.82, 2.24) is 9.55 Å². The largest absolute Gasteiger partial charge is 0.475 e. The normalized spacial score (nSPS) is 10.8. The number of hydrogen-bond donors (Lipinski definition) is 2. The number of nitrogens with zero attached hydrogens (tertiary/aromatic N) is 2. The lowest BCUT2D eigenvalue weighted by Crippen LogP contribution is -2.05. The molecule has 0 amide bonds. The molecule has 1 aromatic heterocycles. The zero-order chi connectivity index (χ0) is 11.0. The molecule has 1 aromatic carbocycles. The van der Waals surface area contributed by atoms with Gasteiger partial charge in [0.2, 0.25) is 5.82 Å². The smallest absolute Gasteiger partial charge is 0.372 e. The third kappa shape index (κ3) is 1.37. The summed E-state index contributed by atoms with van der Waals surface area (Å²) >= 11 is 0. The number of hydrogen-bond acceptors (Lipinski definition) is 3. The zero-order valence-electron chi connectivity index (χ0n) is 8.27. The Labute approximate surface area is 86.1 Å². The maximum absolute atomic E-state index is 10.9. The number of aryl methyl sites for hydroxylation is 1. The van der Waals surface area contributed by atoms with Crippen LogP contribution in [-0.4, -0.2) is 20.6 Å². The van der Waals surface area contributed by atoms with Crippen LogP contribution < -0.4 is 5.73 Å². The number of nitrogens with two attached hydrogens (primary N) is 1. The van der Waals surface area contributed by atoms with Gasteiger partial charge in [-0.15, -0.1) is 0 Å². The second-order valence-electron chi connectivity index (χ2n) is 3.29. The van der Waals surface area contributed by atoms with Crippen LogP contribution >= 0.6 is 0 Å². The van der Waals surface area contributed by atoms with E-state index in [4.69, 9.17) is 10.8 Å². The second-order valence-corrected chi connectivity index (χ2v) is 3.29. The Morgan fingerprint density at radius 2 is 2.33 bits per heavy atom. The number of carboxylic acid groups (broad SMARTS) is 1. The summed E-state index contributed by atoms with van der Waals surface area (Å²) < 4.78 is 1.55. The van der Waals surface area contributed by atoms with Crippen LogP contribution in [0.25, 0.3) is 11.0 Å². The maximum atomic E-state index is 10.9. The predicted octanol–water partition coefficient (Wildman–Crippen LogP) is 0.730. The standard InChI is InChI=1S/C10H11N3O2/c1-13-7-4-2-3-6(5-11)8(7)12-9(13)10(14)15/h2-4H,5,11H2,1H3,(H,14,15). The number of para-hydroxylation sites is 1. The summed E-state index contributed by atoms with van der Waals surface area (Å²) in [6.07, 6.45) is 0. The molecule has 0 atom stereocenters. The van der Waals surface area contributed by atoms with Gasteiger partial charge in [-0.3, -0.25) is 0 Å². The first kappa shape index (κ1) is 9.67. The summed E-state index contributed by atoms with van der Waals surface area (Å²) in [7, 11) is 1.68. The van der Waals surface area contributed by atoms with Crippen LogP contribution in [0.2, 0.25) is 0 Å². The highest BCUT2D eigenvalue weighted by atomic mass is 16.4. The lowest BCUT2D eigenvalue weighted by molar-refractivity contribution is 0.0680. The Morgan fingerprint density at radius 3 is 2.93 bits per heavy atom. The van der Waals surface area contributed by atoms with Gasteiger partial charge in [-0.2, -0.15) is 0 Å². The molecule has 0 unspecified atom stereocenters. The molecule has 0 saturated heterocycles. The van der Waals surface area contributed by atoms with Gasteiger partial charge < -0.3 is 15.4 Å². The first-order valence-corrected chi connectivity index (χ1v) is 4.53. The van der Waals surface area contributed by atoms with Crippen LogP contribution in [0.5, 0.6) is 0 Å². The van der Waals surface area contributed by atoms with E-state index in [0.717, 1.165) is 11.1 Å². The van der Waals surface area contributed by atoms with Crippen LogP contribution in [0, 0.1) is 0 Å². The van der Waals surface area contributed by atoms with Crippen molar-refractivity contribution in [3.05, 3.63) is 29.6 Å². The fourth-order valence-electron chi connectivity index (χ4n) is 1.63. The number of aromatic carboxylic acids is 1. The van der Waals surface area contributed by atoms with E-state index in [9.17, 15) is 4.79 Å². The van der Waals surface area contributed by atoms with Gasteiger partial charge in [0.25, 0.3) is 0 Å². The summed E-state index contributed by atoms with van der Waals surface area (Å²) in [5.41, 5.74) is 7.87. The number of carboxylic acids is 1. The minimum atomic E-state index is -1.03. The zero-order valence-corrected chi connectivity index (χ0v) is 8.27. The van der Waals surface area contributed by atoms with Crippen molar-refractivity contribution in [2.75, 3.05) is 0 Å². The number of rotatable bonds is 2. The number of fused-ring (bicyclic) bond motifs is 1. The second kappa shape index (κ2) is 3.36. The minimum absolute atomic E-state index is 0.0332. The molecule has 0 saturated carbocycles. The van der Waals surface area contributed by atoms with E-state index in [1.807, 2.05) is 18.2 Å². The van der Waals surface area contributed by atoms with Crippen LogP contribution in [0.15, 0.2) is 18.2 Å². The molecule has 78 valence electrons. The number of imidazole rings is 1. The molecule has 0 aliphatic rings. The highest BCUT2D eigenvalue weighted by Gasteiger charge is 2.15. The molecule has 15 heavy (non-hydrogen) atoms.